The summed E-state index contributed by atoms with van der Waals surface area (Å²) in [5.74, 6) is 0.451. The normalized spacial score (nSPS) is 14.2. The van der Waals surface area contributed by atoms with Gasteiger partial charge in [0.1, 0.15) is 0 Å². The highest BCUT2D eigenvalue weighted by Gasteiger charge is 2.50. The fourth-order valence-corrected chi connectivity index (χ4v) is 1.12. The largest absolute Gasteiger partial charge is 0.276 e. The number of rotatable bonds is 1. The van der Waals surface area contributed by atoms with E-state index in [0.717, 1.165) is 4.80 Å². The number of halogens is 5. The lowest BCUT2D eigenvalue weighted by molar-refractivity contribution is 0.451. The van der Waals surface area contributed by atoms with Crippen LogP contribution in [0.15, 0.2) is 0 Å². The van der Waals surface area contributed by atoms with Gasteiger partial charge in [-0.3, -0.25) is 0 Å². The smallest absolute Gasteiger partial charge is 0.133 e. The molecule has 0 saturated heterocycles. The molecule has 1 rings (SSSR count). The molecule has 0 unspecified atom stereocenters. The van der Waals surface area contributed by atoms with Crippen LogP contribution in [-0.2, 0) is 9.87 Å². The van der Waals surface area contributed by atoms with Crippen molar-refractivity contribution in [3.05, 3.63) is 5.82 Å². The number of hydrogen-bond donors (Lipinski definition) is 0. The minimum atomic E-state index is -1.97. The van der Waals surface area contributed by atoms with E-state index in [-0.39, 0.29) is 5.41 Å². The van der Waals surface area contributed by atoms with Gasteiger partial charge in [-0.1, -0.05) is 78.8 Å². The Morgan fingerprint density at radius 2 is 1.50 bits per heavy atom. The summed E-state index contributed by atoms with van der Waals surface area (Å²) in [6.45, 7) is 5.73. The van der Waals surface area contributed by atoms with Crippen LogP contribution in [0, 0.1) is 0 Å². The van der Waals surface area contributed by atoms with Crippen LogP contribution in [0.4, 0.5) is 0 Å². The van der Waals surface area contributed by atoms with Gasteiger partial charge in [0, 0.05) is 5.41 Å². The topological polar surface area (TPSA) is 43.6 Å². The molecule has 0 radical (unpaired) electrons. The quantitative estimate of drug-likeness (QED) is 0.743. The fraction of sp³-hybridized carbons (Fsp3) is 0.857. The van der Waals surface area contributed by atoms with Gasteiger partial charge >= 0.3 is 0 Å². The summed E-state index contributed by atoms with van der Waals surface area (Å²) in [7, 11) is 0. The predicted molar refractivity (Wildman–Crippen MR) is 66.5 cm³/mol. The highest BCUT2D eigenvalue weighted by molar-refractivity contribution is 6.74. The van der Waals surface area contributed by atoms with E-state index in [2.05, 4.69) is 15.4 Å². The van der Waals surface area contributed by atoms with E-state index in [1.54, 1.807) is 0 Å². The molecule has 0 bridgehead atoms. The molecule has 0 aliphatic heterocycles. The summed E-state index contributed by atoms with van der Waals surface area (Å²) in [4.78, 5) is 0.879. The second-order valence-electron chi connectivity index (χ2n) is 4.19. The minimum Gasteiger partial charge on any atom is -0.133 e. The molecule has 0 fully saturated rings. The van der Waals surface area contributed by atoms with Gasteiger partial charge in [-0.2, -0.15) is 0 Å². The maximum Gasteiger partial charge on any atom is 0.276 e. The predicted octanol–water partition coefficient (Wildman–Crippen LogP) is 3.43. The molecule has 16 heavy (non-hydrogen) atoms. The molecule has 0 aliphatic rings. The van der Waals surface area contributed by atoms with Crippen LogP contribution in [0.5, 0.6) is 0 Å². The van der Waals surface area contributed by atoms with Crippen molar-refractivity contribution in [2.24, 2.45) is 0 Å². The monoisotopic (exact) mass is 324 g/mol. The first kappa shape index (κ1) is 14.6. The maximum absolute atomic E-state index is 5.87. The van der Waals surface area contributed by atoms with Crippen molar-refractivity contribution >= 4 is 58.0 Å². The molecule has 0 spiro atoms. The SMILES string of the molecule is CC(C)(C)c1nnn(C(Cl)(Cl)C(Cl)(Cl)Cl)n1. The molecule has 1 aromatic rings. The molecular formula is C7H9Cl5N4. The van der Waals surface area contributed by atoms with E-state index in [1.807, 2.05) is 20.8 Å². The second kappa shape index (κ2) is 4.32. The summed E-state index contributed by atoms with van der Waals surface area (Å²) < 4.78 is -3.87. The number of aromatic nitrogens is 4. The first-order chi connectivity index (χ1) is 6.96. The van der Waals surface area contributed by atoms with Gasteiger partial charge in [-0.15, -0.1) is 15.0 Å². The number of tetrazole rings is 1. The van der Waals surface area contributed by atoms with Crippen LogP contribution in [-0.4, -0.2) is 24.0 Å². The zero-order valence-corrected chi connectivity index (χ0v) is 12.5. The Kier molecular flexibility index (Phi) is 3.94. The highest BCUT2D eigenvalue weighted by Crippen LogP contribution is 2.48. The fourth-order valence-electron chi connectivity index (χ4n) is 0.747. The van der Waals surface area contributed by atoms with Crippen molar-refractivity contribution in [2.45, 2.75) is 34.4 Å². The Labute approximate surface area is 118 Å². The van der Waals surface area contributed by atoms with Crippen LogP contribution < -0.4 is 0 Å². The average Bonchev–Trinajstić information content (AvgIpc) is 2.47. The van der Waals surface area contributed by atoms with Crippen molar-refractivity contribution in [2.75, 3.05) is 0 Å². The molecule has 1 heterocycles. The van der Waals surface area contributed by atoms with Gasteiger partial charge < -0.3 is 0 Å². The first-order valence-electron chi connectivity index (χ1n) is 4.22. The molecule has 0 atom stereocenters. The van der Waals surface area contributed by atoms with E-state index in [9.17, 15) is 0 Å². The molecule has 4 nitrogen and oxygen atoms in total. The van der Waals surface area contributed by atoms with Crippen LogP contribution in [0.25, 0.3) is 0 Å². The standard InChI is InChI=1S/C7H9Cl5N4/c1-5(2,3)4-13-15-16(14-4)7(11,12)6(8,9)10/h1-3H3. The maximum atomic E-state index is 5.87. The second-order valence-corrected chi connectivity index (χ2v) is 7.76. The zero-order valence-electron chi connectivity index (χ0n) is 8.68. The summed E-state index contributed by atoms with van der Waals surface area (Å²) in [6, 6.07) is 0. The third kappa shape index (κ3) is 2.85. The zero-order chi connectivity index (χ0) is 12.8. The van der Waals surface area contributed by atoms with Gasteiger partial charge in [0.25, 0.3) is 4.46 Å². The van der Waals surface area contributed by atoms with Gasteiger partial charge in [-0.05, 0) is 5.21 Å². The molecule has 0 aromatic carbocycles. The summed E-state index contributed by atoms with van der Waals surface area (Å²) in [6.07, 6.45) is 0. The summed E-state index contributed by atoms with van der Waals surface area (Å²) >= 11 is 28.6. The van der Waals surface area contributed by atoms with Crippen LogP contribution in [0.2, 0.25) is 0 Å². The van der Waals surface area contributed by atoms with Gasteiger partial charge in [0.05, 0.1) is 0 Å². The molecule has 0 aliphatic carbocycles. The van der Waals surface area contributed by atoms with E-state index < -0.39 is 8.25 Å². The van der Waals surface area contributed by atoms with Crippen molar-refractivity contribution in [3.63, 3.8) is 0 Å². The Bertz CT molecular complexity index is 375. The van der Waals surface area contributed by atoms with Gasteiger partial charge in [0.2, 0.25) is 3.79 Å². The van der Waals surface area contributed by atoms with Gasteiger partial charge in [0.15, 0.2) is 5.82 Å². The highest BCUT2D eigenvalue weighted by atomic mass is 35.6. The third-order valence-electron chi connectivity index (χ3n) is 1.68. The number of nitrogens with zero attached hydrogens (tertiary/aromatic N) is 4. The molecule has 0 saturated carbocycles. The number of alkyl halides is 5. The average molecular weight is 326 g/mol. The summed E-state index contributed by atoms with van der Waals surface area (Å²) in [5.41, 5.74) is -0.296. The molecule has 0 N–H and O–H groups in total. The first-order valence-corrected chi connectivity index (χ1v) is 6.11. The molecule has 0 amide bonds. The Balaban J connectivity index is 3.13. The van der Waals surface area contributed by atoms with Crippen LogP contribution in [0.1, 0.15) is 26.6 Å². The Morgan fingerprint density at radius 3 is 1.81 bits per heavy atom. The Morgan fingerprint density at radius 1 is 1.00 bits per heavy atom. The van der Waals surface area contributed by atoms with Crippen molar-refractivity contribution in [1.29, 1.82) is 0 Å². The lowest BCUT2D eigenvalue weighted by Gasteiger charge is -2.25. The van der Waals surface area contributed by atoms with E-state index >= 15 is 0 Å². The van der Waals surface area contributed by atoms with Crippen LogP contribution >= 0.6 is 58.0 Å². The van der Waals surface area contributed by atoms with Crippen LogP contribution in [0.3, 0.4) is 0 Å². The van der Waals surface area contributed by atoms with Crippen molar-refractivity contribution in [1.82, 2.24) is 20.2 Å². The van der Waals surface area contributed by atoms with Crippen molar-refractivity contribution in [3.8, 4) is 0 Å². The van der Waals surface area contributed by atoms with E-state index in [4.69, 9.17) is 58.0 Å². The molecular weight excluding hydrogens is 317 g/mol. The number of hydrogen-bond acceptors (Lipinski definition) is 3. The lowest BCUT2D eigenvalue weighted by Crippen LogP contribution is -2.37. The van der Waals surface area contributed by atoms with E-state index in [1.165, 1.54) is 0 Å². The molecule has 9 heteroatoms. The molecule has 92 valence electrons. The van der Waals surface area contributed by atoms with Crippen molar-refractivity contribution < 1.29 is 0 Å². The molecule has 1 aromatic heterocycles. The lowest BCUT2D eigenvalue weighted by atomic mass is 9.96. The summed E-state index contributed by atoms with van der Waals surface area (Å²) in [5, 5.41) is 11.5. The Hall–Kier alpha value is 0.520. The third-order valence-corrected chi connectivity index (χ3v) is 3.95. The van der Waals surface area contributed by atoms with E-state index in [0.29, 0.717) is 5.82 Å². The minimum absolute atomic E-state index is 0.296. The van der Waals surface area contributed by atoms with Gasteiger partial charge in [-0.25, -0.2) is 0 Å².